The molecule has 0 amide bonds. The minimum atomic E-state index is -3.43. The fourth-order valence-electron chi connectivity index (χ4n) is 4.10. The van der Waals surface area contributed by atoms with E-state index in [1.165, 1.54) is 22.0 Å². The summed E-state index contributed by atoms with van der Waals surface area (Å²) in [5, 5.41) is 16.6. The van der Waals surface area contributed by atoms with Crippen LogP contribution in [0.4, 0.5) is 0 Å². The zero-order valence-electron chi connectivity index (χ0n) is 17.7. The largest absolute Gasteiger partial charge is 0.346 e. The van der Waals surface area contributed by atoms with Gasteiger partial charge in [-0.1, -0.05) is 6.07 Å². The summed E-state index contributed by atoms with van der Waals surface area (Å²) in [6.45, 7) is 2.69. The molecule has 170 valence electrons. The molecule has 12 heteroatoms. The van der Waals surface area contributed by atoms with E-state index >= 15 is 0 Å². The van der Waals surface area contributed by atoms with E-state index in [9.17, 15) is 13.7 Å². The average Bonchev–Trinajstić information content (AvgIpc) is 3.60. The lowest BCUT2D eigenvalue weighted by atomic mass is 10.1. The van der Waals surface area contributed by atoms with Gasteiger partial charge in [-0.05, 0) is 17.5 Å². The Morgan fingerprint density at radius 1 is 1.21 bits per heavy atom. The standard InChI is InChI=1S/C21H22N8O2S2/c22-5-3-17(14-27-7-9-28(10-8-27)33(30,31)19-2-1-11-32-19)29-13-16(12-26-29)20-18-4-6-23-21(18)25-15-24-20/h1-2,4,6,11-13,15,17H,3,7-10,14H2,(H,23,24,25). The lowest BCUT2D eigenvalue weighted by Crippen LogP contribution is -2.49. The predicted octanol–water partition coefficient (Wildman–Crippen LogP) is 2.34. The van der Waals surface area contributed by atoms with Crippen LogP contribution in [0.5, 0.6) is 0 Å². The summed E-state index contributed by atoms with van der Waals surface area (Å²) in [7, 11) is -3.43. The summed E-state index contributed by atoms with van der Waals surface area (Å²) in [6, 6.07) is 7.44. The first-order valence-electron chi connectivity index (χ1n) is 10.5. The molecule has 5 rings (SSSR count). The van der Waals surface area contributed by atoms with E-state index in [0.717, 1.165) is 22.3 Å². The van der Waals surface area contributed by atoms with Crippen LogP contribution in [-0.2, 0) is 10.0 Å². The van der Waals surface area contributed by atoms with Crippen molar-refractivity contribution < 1.29 is 8.42 Å². The average molecular weight is 483 g/mol. The second-order valence-corrected chi connectivity index (χ2v) is 10.9. The van der Waals surface area contributed by atoms with Gasteiger partial charge in [-0.2, -0.15) is 14.7 Å². The number of hydrogen-bond donors (Lipinski definition) is 1. The van der Waals surface area contributed by atoms with Crippen molar-refractivity contribution in [3.63, 3.8) is 0 Å². The summed E-state index contributed by atoms with van der Waals surface area (Å²) in [5.74, 6) is 0. The van der Waals surface area contributed by atoms with Gasteiger partial charge in [-0.15, -0.1) is 11.3 Å². The van der Waals surface area contributed by atoms with Crippen LogP contribution in [-0.4, -0.2) is 75.1 Å². The van der Waals surface area contributed by atoms with Crippen LogP contribution in [0.1, 0.15) is 12.5 Å². The molecule has 1 fully saturated rings. The van der Waals surface area contributed by atoms with Crippen molar-refractivity contribution in [1.29, 1.82) is 5.26 Å². The maximum atomic E-state index is 12.8. The molecule has 0 bridgehead atoms. The van der Waals surface area contributed by atoms with E-state index in [0.29, 0.717) is 43.4 Å². The Labute approximate surface area is 195 Å². The lowest BCUT2D eigenvalue weighted by Gasteiger charge is -2.35. The molecule has 5 heterocycles. The SMILES string of the molecule is N#CCC(CN1CCN(S(=O)(=O)c2cccs2)CC1)n1cc(-c2ncnc3[nH]ccc23)cn1. The van der Waals surface area contributed by atoms with Gasteiger partial charge in [0.15, 0.2) is 0 Å². The van der Waals surface area contributed by atoms with Crippen molar-refractivity contribution in [3.05, 3.63) is 48.5 Å². The predicted molar refractivity (Wildman–Crippen MR) is 124 cm³/mol. The topological polar surface area (TPSA) is 124 Å². The highest BCUT2D eigenvalue weighted by Gasteiger charge is 2.30. The summed E-state index contributed by atoms with van der Waals surface area (Å²) in [5.41, 5.74) is 2.41. The monoisotopic (exact) mass is 482 g/mol. The number of nitriles is 1. The molecule has 0 aromatic carbocycles. The molecule has 33 heavy (non-hydrogen) atoms. The van der Waals surface area contributed by atoms with Crippen LogP contribution in [0.3, 0.4) is 0 Å². The van der Waals surface area contributed by atoms with Crippen LogP contribution >= 0.6 is 11.3 Å². The summed E-state index contributed by atoms with van der Waals surface area (Å²) in [4.78, 5) is 13.9. The van der Waals surface area contributed by atoms with Gasteiger partial charge in [0, 0.05) is 56.1 Å². The van der Waals surface area contributed by atoms with Crippen molar-refractivity contribution >= 4 is 32.4 Å². The van der Waals surface area contributed by atoms with Crippen LogP contribution in [0.2, 0.25) is 0 Å². The van der Waals surface area contributed by atoms with Crippen molar-refractivity contribution in [2.75, 3.05) is 32.7 Å². The number of rotatable bonds is 7. The fraction of sp³-hybridized carbons (Fsp3) is 0.333. The summed E-state index contributed by atoms with van der Waals surface area (Å²) >= 11 is 1.24. The number of nitrogens with one attached hydrogen (secondary N) is 1. The number of piperazine rings is 1. The van der Waals surface area contributed by atoms with E-state index in [4.69, 9.17) is 0 Å². The third-order valence-corrected chi connectivity index (χ3v) is 9.09. The van der Waals surface area contributed by atoms with Crippen LogP contribution in [0, 0.1) is 11.3 Å². The minimum absolute atomic E-state index is 0.146. The van der Waals surface area contributed by atoms with E-state index < -0.39 is 10.0 Å². The van der Waals surface area contributed by atoms with Crippen LogP contribution in [0.25, 0.3) is 22.3 Å². The molecule has 0 radical (unpaired) electrons. The number of fused-ring (bicyclic) bond motifs is 1. The molecule has 4 aromatic heterocycles. The molecule has 1 aliphatic heterocycles. The lowest BCUT2D eigenvalue weighted by molar-refractivity contribution is 0.163. The Hall–Kier alpha value is -3.11. The number of hydrogen-bond acceptors (Lipinski definition) is 8. The van der Waals surface area contributed by atoms with E-state index in [1.807, 2.05) is 23.1 Å². The van der Waals surface area contributed by atoms with E-state index in [2.05, 4.69) is 31.0 Å². The molecule has 1 N–H and O–H groups in total. The Morgan fingerprint density at radius 3 is 2.82 bits per heavy atom. The second kappa shape index (κ2) is 9.03. The van der Waals surface area contributed by atoms with Gasteiger partial charge in [0.2, 0.25) is 0 Å². The molecular formula is C21H22N8O2S2. The van der Waals surface area contributed by atoms with Crippen molar-refractivity contribution in [2.45, 2.75) is 16.7 Å². The van der Waals surface area contributed by atoms with Crippen molar-refractivity contribution in [3.8, 4) is 17.3 Å². The molecule has 10 nitrogen and oxygen atoms in total. The minimum Gasteiger partial charge on any atom is -0.346 e. The van der Waals surface area contributed by atoms with Crippen molar-refractivity contribution in [2.24, 2.45) is 0 Å². The molecule has 0 spiro atoms. The van der Waals surface area contributed by atoms with Gasteiger partial charge in [-0.3, -0.25) is 9.58 Å². The quantitative estimate of drug-likeness (QED) is 0.429. The molecule has 1 unspecified atom stereocenters. The van der Waals surface area contributed by atoms with Crippen LogP contribution < -0.4 is 0 Å². The highest BCUT2D eigenvalue weighted by atomic mass is 32.2. The third-order valence-electron chi connectivity index (χ3n) is 5.82. The maximum absolute atomic E-state index is 12.8. The van der Waals surface area contributed by atoms with Gasteiger partial charge >= 0.3 is 0 Å². The number of aromatic nitrogens is 5. The van der Waals surface area contributed by atoms with Crippen LogP contribution in [0.15, 0.2) is 52.7 Å². The van der Waals surface area contributed by atoms with Gasteiger partial charge in [-0.25, -0.2) is 18.4 Å². The number of thiophene rings is 1. The smallest absolute Gasteiger partial charge is 0.252 e. The van der Waals surface area contributed by atoms with E-state index in [-0.39, 0.29) is 6.04 Å². The first-order valence-corrected chi connectivity index (χ1v) is 12.8. The Balaban J connectivity index is 1.28. The molecular weight excluding hydrogens is 460 g/mol. The molecule has 0 saturated carbocycles. The van der Waals surface area contributed by atoms with Gasteiger partial charge in [0.25, 0.3) is 10.0 Å². The molecule has 4 aromatic rings. The molecule has 1 aliphatic rings. The number of aromatic amines is 1. The fourth-order valence-corrected chi connectivity index (χ4v) is 6.66. The third kappa shape index (κ3) is 4.28. The van der Waals surface area contributed by atoms with Crippen molar-refractivity contribution in [1.82, 2.24) is 33.9 Å². The molecule has 1 saturated heterocycles. The Morgan fingerprint density at radius 2 is 2.06 bits per heavy atom. The zero-order valence-corrected chi connectivity index (χ0v) is 19.3. The van der Waals surface area contributed by atoms with Gasteiger partial charge in [0.1, 0.15) is 16.2 Å². The molecule has 1 atom stereocenters. The first-order chi connectivity index (χ1) is 16.1. The van der Waals surface area contributed by atoms with Gasteiger partial charge in [0.05, 0.1) is 30.4 Å². The Bertz CT molecular complexity index is 1380. The number of sulfonamides is 1. The summed E-state index contributed by atoms with van der Waals surface area (Å²) < 4.78 is 29.3. The highest BCUT2D eigenvalue weighted by molar-refractivity contribution is 7.91. The molecule has 0 aliphatic carbocycles. The summed E-state index contributed by atoms with van der Waals surface area (Å²) in [6.07, 6.45) is 7.31. The second-order valence-electron chi connectivity index (χ2n) is 7.82. The first kappa shape index (κ1) is 21.7. The van der Waals surface area contributed by atoms with E-state index in [1.54, 1.807) is 23.7 Å². The Kier molecular flexibility index (Phi) is 5.94. The highest BCUT2D eigenvalue weighted by Crippen LogP contribution is 2.26. The zero-order chi connectivity index (χ0) is 22.8. The number of nitrogens with zero attached hydrogens (tertiary/aromatic N) is 7. The number of H-pyrrole nitrogens is 1. The van der Waals surface area contributed by atoms with Gasteiger partial charge < -0.3 is 4.98 Å². The normalized spacial score (nSPS) is 16.7. The maximum Gasteiger partial charge on any atom is 0.252 e.